The minimum atomic E-state index is -0.291. The maximum atomic E-state index is 12.6. The fourth-order valence-corrected chi connectivity index (χ4v) is 4.03. The van der Waals surface area contributed by atoms with Gasteiger partial charge in [-0.1, -0.05) is 18.2 Å². The van der Waals surface area contributed by atoms with Crippen LogP contribution in [-0.4, -0.2) is 34.2 Å². The van der Waals surface area contributed by atoms with Crippen molar-refractivity contribution in [3.05, 3.63) is 102 Å². The largest absolute Gasteiger partial charge is 0.494 e. The molecule has 0 spiro atoms. The predicted molar refractivity (Wildman–Crippen MR) is 135 cm³/mol. The highest BCUT2D eigenvalue weighted by atomic mass is 16.7. The highest BCUT2D eigenvalue weighted by Gasteiger charge is 2.18. The van der Waals surface area contributed by atoms with Gasteiger partial charge in [0.15, 0.2) is 17.2 Å². The molecule has 0 saturated heterocycles. The second-order valence-corrected chi connectivity index (χ2v) is 8.57. The molecule has 37 heavy (non-hydrogen) atoms. The summed E-state index contributed by atoms with van der Waals surface area (Å²) in [5, 5.41) is 2.86. The summed E-state index contributed by atoms with van der Waals surface area (Å²) in [5.41, 5.74) is 3.38. The summed E-state index contributed by atoms with van der Waals surface area (Å²) >= 11 is 0. The minimum absolute atomic E-state index is 0.233. The molecule has 4 aromatic rings. The molecule has 9 nitrogen and oxygen atoms in total. The van der Waals surface area contributed by atoms with E-state index in [1.165, 1.54) is 6.26 Å². The Balaban J connectivity index is 1.28. The zero-order valence-corrected chi connectivity index (χ0v) is 20.6. The Labute approximate surface area is 215 Å². The first-order valence-corrected chi connectivity index (χ1v) is 12.1. The summed E-state index contributed by atoms with van der Waals surface area (Å²) in [4.78, 5) is 23.2. The monoisotopic (exact) mass is 500 g/mol. The van der Waals surface area contributed by atoms with E-state index in [0.717, 1.165) is 33.9 Å². The van der Waals surface area contributed by atoms with E-state index < -0.39 is 0 Å². The molecular formula is C28H28N4O5. The van der Waals surface area contributed by atoms with Crippen LogP contribution in [0.3, 0.4) is 0 Å². The van der Waals surface area contributed by atoms with Gasteiger partial charge in [-0.3, -0.25) is 14.7 Å². The molecule has 0 fully saturated rings. The molecule has 0 atom stereocenters. The Bertz CT molecular complexity index is 1320. The third-order valence-corrected chi connectivity index (χ3v) is 5.83. The number of hydrogen-bond donors (Lipinski definition) is 1. The van der Waals surface area contributed by atoms with E-state index in [-0.39, 0.29) is 18.4 Å². The van der Waals surface area contributed by atoms with Gasteiger partial charge in [0.1, 0.15) is 12.0 Å². The zero-order valence-electron chi connectivity index (χ0n) is 20.6. The molecule has 190 valence electrons. The van der Waals surface area contributed by atoms with Gasteiger partial charge in [0.25, 0.3) is 5.91 Å². The number of nitrogens with zero attached hydrogens (tertiary/aromatic N) is 3. The highest BCUT2D eigenvalue weighted by Crippen LogP contribution is 2.33. The third-order valence-electron chi connectivity index (χ3n) is 5.83. The molecular weight excluding hydrogens is 472 g/mol. The number of aromatic nitrogens is 2. The van der Waals surface area contributed by atoms with Gasteiger partial charge < -0.3 is 23.9 Å². The maximum Gasteiger partial charge on any atom is 0.273 e. The molecule has 0 unspecified atom stereocenters. The molecule has 3 heterocycles. The van der Waals surface area contributed by atoms with Gasteiger partial charge in [-0.25, -0.2) is 4.98 Å². The summed E-state index contributed by atoms with van der Waals surface area (Å²) < 4.78 is 22.2. The summed E-state index contributed by atoms with van der Waals surface area (Å²) in [6.45, 7) is 4.89. The second-order valence-electron chi connectivity index (χ2n) is 8.57. The van der Waals surface area contributed by atoms with Crippen LogP contribution in [0.2, 0.25) is 0 Å². The van der Waals surface area contributed by atoms with E-state index in [0.29, 0.717) is 38.7 Å². The maximum absolute atomic E-state index is 12.6. The van der Waals surface area contributed by atoms with E-state index in [4.69, 9.17) is 18.6 Å². The molecule has 2 aromatic carbocycles. The fraction of sp³-hybridized carbons (Fsp3) is 0.250. The van der Waals surface area contributed by atoms with Crippen LogP contribution in [-0.2, 0) is 26.2 Å². The Morgan fingerprint density at radius 1 is 0.946 bits per heavy atom. The van der Waals surface area contributed by atoms with Gasteiger partial charge in [0.2, 0.25) is 12.7 Å². The molecule has 0 aliphatic carbocycles. The topological polar surface area (TPSA) is 99.0 Å². The van der Waals surface area contributed by atoms with Crippen LogP contribution in [0.25, 0.3) is 0 Å². The van der Waals surface area contributed by atoms with Crippen LogP contribution in [0.15, 0.2) is 77.7 Å². The number of hydrogen-bond acceptors (Lipinski definition) is 8. The average molecular weight is 501 g/mol. The lowest BCUT2D eigenvalue weighted by atomic mass is 10.1. The highest BCUT2D eigenvalue weighted by molar-refractivity contribution is 5.91. The molecule has 1 N–H and O–H groups in total. The molecule has 2 aromatic heterocycles. The van der Waals surface area contributed by atoms with Crippen LogP contribution in [0.4, 0.5) is 0 Å². The second kappa shape index (κ2) is 11.6. The van der Waals surface area contributed by atoms with Gasteiger partial charge >= 0.3 is 0 Å². The number of ether oxygens (including phenoxy) is 3. The van der Waals surface area contributed by atoms with Crippen LogP contribution in [0.5, 0.6) is 17.2 Å². The van der Waals surface area contributed by atoms with Crippen molar-refractivity contribution in [2.24, 2.45) is 0 Å². The molecule has 0 radical (unpaired) electrons. The van der Waals surface area contributed by atoms with Gasteiger partial charge in [-0.15, -0.1) is 0 Å². The molecule has 1 aliphatic rings. The zero-order chi connectivity index (χ0) is 25.5. The van der Waals surface area contributed by atoms with E-state index in [9.17, 15) is 4.79 Å². The number of fused-ring (bicyclic) bond motifs is 1. The molecule has 1 aliphatic heterocycles. The minimum Gasteiger partial charge on any atom is -0.494 e. The number of amides is 1. The number of oxazole rings is 1. The van der Waals surface area contributed by atoms with Crippen molar-refractivity contribution in [3.63, 3.8) is 0 Å². The number of nitrogens with one attached hydrogen (secondary N) is 1. The van der Waals surface area contributed by atoms with Crippen molar-refractivity contribution in [2.75, 3.05) is 13.4 Å². The van der Waals surface area contributed by atoms with E-state index >= 15 is 0 Å². The van der Waals surface area contributed by atoms with Crippen LogP contribution >= 0.6 is 0 Å². The van der Waals surface area contributed by atoms with Crippen molar-refractivity contribution < 1.29 is 23.4 Å². The number of pyridine rings is 1. The lowest BCUT2D eigenvalue weighted by Crippen LogP contribution is -2.24. The van der Waals surface area contributed by atoms with Crippen LogP contribution in [0, 0.1) is 0 Å². The van der Waals surface area contributed by atoms with Crippen molar-refractivity contribution in [3.8, 4) is 17.2 Å². The number of carbonyl (C=O) groups excluding carboxylic acids is 1. The molecule has 9 heteroatoms. The van der Waals surface area contributed by atoms with Gasteiger partial charge in [-0.2, -0.15) is 0 Å². The molecule has 1 amide bonds. The quantitative estimate of drug-likeness (QED) is 0.325. The van der Waals surface area contributed by atoms with Crippen molar-refractivity contribution in [1.82, 2.24) is 20.2 Å². The first-order valence-electron chi connectivity index (χ1n) is 12.1. The van der Waals surface area contributed by atoms with Crippen LogP contribution in [0.1, 0.15) is 40.0 Å². The number of benzene rings is 2. The fourth-order valence-electron chi connectivity index (χ4n) is 4.03. The van der Waals surface area contributed by atoms with E-state index in [2.05, 4.69) is 20.2 Å². The lowest BCUT2D eigenvalue weighted by Gasteiger charge is -2.21. The van der Waals surface area contributed by atoms with Gasteiger partial charge in [0.05, 0.1) is 13.2 Å². The summed E-state index contributed by atoms with van der Waals surface area (Å²) in [6, 6.07) is 17.7. The standard InChI is InChI=1S/C28H28N4O5/c1-2-34-23-6-3-21(4-7-23)15-32(16-22-5-8-25-26(13-22)37-19-36-25)17-27-31-24(18-35-27)28(33)30-14-20-9-11-29-12-10-20/h3-13,18H,2,14-17,19H2,1H3,(H,30,33). The Hall–Kier alpha value is -4.37. The van der Waals surface area contributed by atoms with E-state index in [1.54, 1.807) is 12.4 Å². The smallest absolute Gasteiger partial charge is 0.273 e. The summed E-state index contributed by atoms with van der Waals surface area (Å²) in [5.74, 6) is 2.49. The average Bonchev–Trinajstić information content (AvgIpc) is 3.59. The lowest BCUT2D eigenvalue weighted by molar-refractivity contribution is 0.0945. The molecule has 0 saturated carbocycles. The van der Waals surface area contributed by atoms with Crippen molar-refractivity contribution in [2.45, 2.75) is 33.1 Å². The first kappa shape index (κ1) is 24.3. The number of carbonyl (C=O) groups is 1. The third kappa shape index (κ3) is 6.45. The SMILES string of the molecule is CCOc1ccc(CN(Cc2ccc3c(c2)OCO3)Cc2nc(C(=O)NCc3ccncc3)co2)cc1. The predicted octanol–water partition coefficient (Wildman–Crippen LogP) is 4.33. The van der Waals surface area contributed by atoms with Crippen molar-refractivity contribution in [1.29, 1.82) is 0 Å². The van der Waals surface area contributed by atoms with Gasteiger partial charge in [-0.05, 0) is 60.0 Å². The van der Waals surface area contributed by atoms with E-state index in [1.807, 2.05) is 61.5 Å². The summed E-state index contributed by atoms with van der Waals surface area (Å²) in [6.07, 6.45) is 4.77. The number of rotatable bonds is 11. The van der Waals surface area contributed by atoms with Gasteiger partial charge in [0, 0.05) is 32.0 Å². The Morgan fingerprint density at radius 3 is 2.51 bits per heavy atom. The Kier molecular flexibility index (Phi) is 7.61. The first-order chi connectivity index (χ1) is 18.2. The summed E-state index contributed by atoms with van der Waals surface area (Å²) in [7, 11) is 0. The van der Waals surface area contributed by atoms with Crippen molar-refractivity contribution >= 4 is 5.91 Å². The van der Waals surface area contributed by atoms with Crippen LogP contribution < -0.4 is 19.5 Å². The normalized spacial score (nSPS) is 12.1. The molecule has 5 rings (SSSR count). The molecule has 0 bridgehead atoms. The Morgan fingerprint density at radius 2 is 1.70 bits per heavy atom.